The van der Waals surface area contributed by atoms with Gasteiger partial charge < -0.3 is 4.74 Å². The van der Waals surface area contributed by atoms with E-state index in [9.17, 15) is 4.79 Å². The summed E-state index contributed by atoms with van der Waals surface area (Å²) in [6, 6.07) is 5.86. The van der Waals surface area contributed by atoms with Crippen molar-refractivity contribution in [2.75, 3.05) is 0 Å². The van der Waals surface area contributed by atoms with E-state index in [2.05, 4.69) is 26.0 Å². The summed E-state index contributed by atoms with van der Waals surface area (Å²) >= 11 is 0. The Morgan fingerprint density at radius 2 is 2.25 bits per heavy atom. The van der Waals surface area contributed by atoms with Gasteiger partial charge in [0.2, 0.25) is 0 Å². The van der Waals surface area contributed by atoms with Crippen LogP contribution in [0.25, 0.3) is 0 Å². The first kappa shape index (κ1) is 10.9. The van der Waals surface area contributed by atoms with Crippen molar-refractivity contribution in [3.05, 3.63) is 46.5 Å². The highest BCUT2D eigenvalue weighted by atomic mass is 16.5. The van der Waals surface area contributed by atoms with Crippen LogP contribution in [0.15, 0.2) is 29.8 Å². The van der Waals surface area contributed by atoms with Crippen LogP contribution in [0.1, 0.15) is 41.8 Å². The van der Waals surface area contributed by atoms with E-state index in [1.54, 1.807) is 0 Å². The van der Waals surface area contributed by atoms with Crippen molar-refractivity contribution in [1.82, 2.24) is 0 Å². The van der Waals surface area contributed by atoms with E-state index in [4.69, 9.17) is 4.74 Å². The lowest BCUT2D eigenvalue weighted by Crippen LogP contribution is -1.95. The van der Waals surface area contributed by atoms with E-state index >= 15 is 0 Å². The topological polar surface area (TPSA) is 26.3 Å². The van der Waals surface area contributed by atoms with Gasteiger partial charge in [-0.3, -0.25) is 0 Å². The monoisotopic (exact) mass is 216 g/mol. The molecule has 0 N–H and O–H groups in total. The van der Waals surface area contributed by atoms with Crippen molar-refractivity contribution >= 4 is 5.97 Å². The van der Waals surface area contributed by atoms with Gasteiger partial charge in [-0.05, 0) is 38.3 Å². The van der Waals surface area contributed by atoms with Gasteiger partial charge in [-0.1, -0.05) is 23.8 Å². The number of rotatable bonds is 3. The lowest BCUT2D eigenvalue weighted by Gasteiger charge is -2.04. The zero-order valence-corrected chi connectivity index (χ0v) is 9.75. The molecule has 0 aromatic heterocycles. The molecule has 0 atom stereocenters. The van der Waals surface area contributed by atoms with Crippen LogP contribution in [0.4, 0.5) is 0 Å². The maximum atomic E-state index is 11.4. The standard InChI is InChI=1S/C14H16O2/c1-10(2)5-3-6-11-7-4-8-12-13(11)9-16-14(12)15/h4-5,7-8H,3,6,9H2,1-2H3. The highest BCUT2D eigenvalue weighted by Gasteiger charge is 2.22. The molecule has 0 saturated heterocycles. The molecule has 0 fully saturated rings. The molecule has 0 radical (unpaired) electrons. The molecule has 0 amide bonds. The smallest absolute Gasteiger partial charge is 0.338 e. The fourth-order valence-electron chi connectivity index (χ4n) is 1.96. The molecule has 0 saturated carbocycles. The number of cyclic esters (lactones) is 1. The number of benzene rings is 1. The van der Waals surface area contributed by atoms with Gasteiger partial charge >= 0.3 is 5.97 Å². The number of hydrogen-bond donors (Lipinski definition) is 0. The van der Waals surface area contributed by atoms with Crippen LogP contribution in [-0.2, 0) is 17.8 Å². The van der Waals surface area contributed by atoms with Crippen molar-refractivity contribution in [3.63, 3.8) is 0 Å². The third-order valence-electron chi connectivity index (χ3n) is 2.81. The largest absolute Gasteiger partial charge is 0.457 e. The Balaban J connectivity index is 2.17. The minimum Gasteiger partial charge on any atom is -0.457 e. The number of allylic oxidation sites excluding steroid dienone is 2. The first-order valence-corrected chi connectivity index (χ1v) is 5.59. The second-order valence-corrected chi connectivity index (χ2v) is 4.34. The van der Waals surface area contributed by atoms with Gasteiger partial charge in [0.05, 0.1) is 5.56 Å². The number of ether oxygens (including phenoxy) is 1. The highest BCUT2D eigenvalue weighted by molar-refractivity contribution is 5.93. The highest BCUT2D eigenvalue weighted by Crippen LogP contribution is 2.24. The number of carbonyl (C=O) groups excluding carboxylic acids is 1. The summed E-state index contributed by atoms with van der Waals surface area (Å²) < 4.78 is 5.04. The van der Waals surface area contributed by atoms with Gasteiger partial charge in [-0.15, -0.1) is 0 Å². The molecule has 1 aromatic carbocycles. The molecule has 16 heavy (non-hydrogen) atoms. The van der Waals surface area contributed by atoms with E-state index < -0.39 is 0 Å². The van der Waals surface area contributed by atoms with E-state index in [0.717, 1.165) is 24.0 Å². The maximum absolute atomic E-state index is 11.4. The van der Waals surface area contributed by atoms with Gasteiger partial charge in [0.15, 0.2) is 0 Å². The van der Waals surface area contributed by atoms with Crippen LogP contribution in [0.3, 0.4) is 0 Å². The summed E-state index contributed by atoms with van der Waals surface area (Å²) in [6.07, 6.45) is 4.22. The van der Waals surface area contributed by atoms with Crippen molar-refractivity contribution in [1.29, 1.82) is 0 Å². The number of carbonyl (C=O) groups is 1. The van der Waals surface area contributed by atoms with Crippen LogP contribution in [0.2, 0.25) is 0 Å². The number of esters is 1. The van der Waals surface area contributed by atoms with Crippen LogP contribution >= 0.6 is 0 Å². The molecule has 1 heterocycles. The van der Waals surface area contributed by atoms with Crippen molar-refractivity contribution in [2.45, 2.75) is 33.3 Å². The molecule has 2 nitrogen and oxygen atoms in total. The third kappa shape index (κ3) is 2.16. The molecule has 0 aliphatic carbocycles. The summed E-state index contributed by atoms with van der Waals surface area (Å²) in [4.78, 5) is 11.4. The van der Waals surface area contributed by atoms with Crippen LogP contribution < -0.4 is 0 Å². The fourth-order valence-corrected chi connectivity index (χ4v) is 1.96. The van der Waals surface area contributed by atoms with Gasteiger partial charge in [0, 0.05) is 5.56 Å². The molecule has 84 valence electrons. The molecule has 2 rings (SSSR count). The van der Waals surface area contributed by atoms with Gasteiger partial charge in [-0.25, -0.2) is 4.79 Å². The summed E-state index contributed by atoms with van der Waals surface area (Å²) in [5.41, 5.74) is 4.39. The molecule has 0 bridgehead atoms. The van der Waals surface area contributed by atoms with E-state index in [1.807, 2.05) is 12.1 Å². The van der Waals surface area contributed by atoms with Crippen molar-refractivity contribution in [3.8, 4) is 0 Å². The van der Waals surface area contributed by atoms with Gasteiger partial charge in [-0.2, -0.15) is 0 Å². The number of aryl methyl sites for hydroxylation is 1. The Bertz CT molecular complexity index is 440. The first-order chi connectivity index (χ1) is 7.68. The minimum absolute atomic E-state index is 0.181. The summed E-state index contributed by atoms with van der Waals surface area (Å²) in [5, 5.41) is 0. The van der Waals surface area contributed by atoms with Crippen LogP contribution in [0, 0.1) is 0 Å². The molecule has 1 aliphatic heterocycles. The molecule has 0 spiro atoms. The molecular weight excluding hydrogens is 200 g/mol. The summed E-state index contributed by atoms with van der Waals surface area (Å²) in [5.74, 6) is -0.181. The Hall–Kier alpha value is -1.57. The predicted molar refractivity (Wildman–Crippen MR) is 63.3 cm³/mol. The zero-order chi connectivity index (χ0) is 11.5. The number of fused-ring (bicyclic) bond motifs is 1. The average molecular weight is 216 g/mol. The Morgan fingerprint density at radius 3 is 3.00 bits per heavy atom. The first-order valence-electron chi connectivity index (χ1n) is 5.59. The zero-order valence-electron chi connectivity index (χ0n) is 9.75. The van der Waals surface area contributed by atoms with Crippen molar-refractivity contribution in [2.24, 2.45) is 0 Å². The molecule has 1 aromatic rings. The predicted octanol–water partition coefficient (Wildman–Crippen LogP) is 3.26. The van der Waals surface area contributed by atoms with Gasteiger partial charge in [0.25, 0.3) is 0 Å². The van der Waals surface area contributed by atoms with E-state index in [-0.39, 0.29) is 5.97 Å². The van der Waals surface area contributed by atoms with Crippen molar-refractivity contribution < 1.29 is 9.53 Å². The van der Waals surface area contributed by atoms with E-state index in [0.29, 0.717) is 6.61 Å². The molecule has 2 heteroatoms. The normalized spacial score (nSPS) is 13.2. The van der Waals surface area contributed by atoms with Crippen LogP contribution in [0.5, 0.6) is 0 Å². The summed E-state index contributed by atoms with van der Waals surface area (Å²) in [7, 11) is 0. The van der Waals surface area contributed by atoms with Gasteiger partial charge in [0.1, 0.15) is 6.61 Å². The third-order valence-corrected chi connectivity index (χ3v) is 2.81. The molecule has 0 unspecified atom stereocenters. The minimum atomic E-state index is -0.181. The quantitative estimate of drug-likeness (QED) is 0.572. The second kappa shape index (κ2) is 4.52. The summed E-state index contributed by atoms with van der Waals surface area (Å²) in [6.45, 7) is 4.64. The fraction of sp³-hybridized carbons (Fsp3) is 0.357. The van der Waals surface area contributed by atoms with Crippen LogP contribution in [-0.4, -0.2) is 5.97 Å². The second-order valence-electron chi connectivity index (χ2n) is 4.34. The Kier molecular flexibility index (Phi) is 3.09. The Morgan fingerprint density at radius 1 is 1.44 bits per heavy atom. The SMILES string of the molecule is CC(C)=CCCc1cccc2c1COC2=O. The average Bonchev–Trinajstić information content (AvgIpc) is 2.61. The molecular formula is C14H16O2. The molecule has 1 aliphatic rings. The van der Waals surface area contributed by atoms with E-state index in [1.165, 1.54) is 11.1 Å². The maximum Gasteiger partial charge on any atom is 0.338 e. The lowest BCUT2D eigenvalue weighted by atomic mass is 9.99. The lowest BCUT2D eigenvalue weighted by molar-refractivity contribution is 0.0535. The Labute approximate surface area is 95.9 Å². The number of hydrogen-bond acceptors (Lipinski definition) is 2.